The molecule has 13 heavy (non-hydrogen) atoms. The number of hydrogen-bond acceptors (Lipinski definition) is 4. The highest BCUT2D eigenvalue weighted by Gasteiger charge is 2.01. The van der Waals surface area contributed by atoms with Gasteiger partial charge in [-0.2, -0.15) is 0 Å². The first-order valence-electron chi connectivity index (χ1n) is 3.92. The summed E-state index contributed by atoms with van der Waals surface area (Å²) in [6.45, 7) is 2.14. The maximum Gasteiger partial charge on any atom is 0.149 e. The van der Waals surface area contributed by atoms with E-state index in [1.54, 1.807) is 19.2 Å². The predicted octanol–water partition coefficient (Wildman–Crippen LogP) is 1.22. The summed E-state index contributed by atoms with van der Waals surface area (Å²) in [6.07, 6.45) is 1.24. The Hall–Kier alpha value is -0.810. The zero-order valence-corrected chi connectivity index (χ0v) is 8.87. The van der Waals surface area contributed by atoms with Crippen LogP contribution < -0.4 is 11.1 Å². The third kappa shape index (κ3) is 3.20. The van der Waals surface area contributed by atoms with Gasteiger partial charge in [0.25, 0.3) is 0 Å². The van der Waals surface area contributed by atoms with Crippen LogP contribution in [0.1, 0.15) is 6.92 Å². The van der Waals surface area contributed by atoms with Gasteiger partial charge in [0, 0.05) is 17.2 Å². The third-order valence-corrected chi connectivity index (χ3v) is 1.88. The molecule has 0 fully saturated rings. The van der Waals surface area contributed by atoms with Gasteiger partial charge in [0.05, 0.1) is 11.8 Å². The molecule has 0 spiro atoms. The van der Waals surface area contributed by atoms with E-state index < -0.39 is 6.10 Å². The van der Waals surface area contributed by atoms with Crippen LogP contribution in [0.15, 0.2) is 16.7 Å². The van der Waals surface area contributed by atoms with E-state index in [0.29, 0.717) is 18.1 Å². The molecule has 0 saturated heterocycles. The van der Waals surface area contributed by atoms with Gasteiger partial charge in [-0.3, -0.25) is 0 Å². The summed E-state index contributed by atoms with van der Waals surface area (Å²) in [6, 6.07) is 1.76. The van der Waals surface area contributed by atoms with Crippen molar-refractivity contribution < 1.29 is 5.11 Å². The largest absolute Gasteiger partial charge is 0.396 e. The van der Waals surface area contributed by atoms with Crippen molar-refractivity contribution in [3.63, 3.8) is 0 Å². The number of pyridine rings is 1. The first kappa shape index (κ1) is 10.3. The van der Waals surface area contributed by atoms with Gasteiger partial charge in [0.2, 0.25) is 0 Å². The molecule has 1 rings (SSSR count). The van der Waals surface area contributed by atoms with Crippen molar-refractivity contribution in [3.05, 3.63) is 16.7 Å². The minimum absolute atomic E-state index is 0.412. The summed E-state index contributed by atoms with van der Waals surface area (Å²) in [7, 11) is 0. The molecule has 1 aromatic heterocycles. The fourth-order valence-electron chi connectivity index (χ4n) is 0.847. The van der Waals surface area contributed by atoms with Crippen LogP contribution in [0, 0.1) is 0 Å². The Labute approximate surface area is 85.3 Å². The smallest absolute Gasteiger partial charge is 0.149 e. The number of rotatable bonds is 3. The van der Waals surface area contributed by atoms with Crippen molar-refractivity contribution in [1.82, 2.24) is 4.98 Å². The number of nitrogens with zero attached hydrogens (tertiary/aromatic N) is 1. The highest BCUT2D eigenvalue weighted by Crippen LogP contribution is 2.19. The molecule has 0 bridgehead atoms. The lowest BCUT2D eigenvalue weighted by Gasteiger charge is -2.09. The predicted molar refractivity (Wildman–Crippen MR) is 56.5 cm³/mol. The lowest BCUT2D eigenvalue weighted by molar-refractivity contribution is 0.208. The number of hydrogen-bond donors (Lipinski definition) is 3. The maximum absolute atomic E-state index is 9.02. The molecule has 4 nitrogen and oxygen atoms in total. The fraction of sp³-hybridized carbons (Fsp3) is 0.375. The monoisotopic (exact) mass is 245 g/mol. The van der Waals surface area contributed by atoms with Gasteiger partial charge in [0.1, 0.15) is 5.82 Å². The van der Waals surface area contributed by atoms with Crippen molar-refractivity contribution in [3.8, 4) is 0 Å². The molecule has 0 aliphatic rings. The summed E-state index contributed by atoms with van der Waals surface area (Å²) >= 11 is 3.26. The Balaban J connectivity index is 2.67. The summed E-state index contributed by atoms with van der Waals surface area (Å²) < 4.78 is 0.840. The Morgan fingerprint density at radius 3 is 3.00 bits per heavy atom. The average Bonchev–Trinajstić information content (AvgIpc) is 2.02. The van der Waals surface area contributed by atoms with Gasteiger partial charge in [-0.25, -0.2) is 4.98 Å². The van der Waals surface area contributed by atoms with E-state index in [2.05, 4.69) is 26.2 Å². The standard InChI is InChI=1S/C8H12BrN3O/c1-5(13)3-11-8-7(10)2-6(9)4-12-8/h2,4-5,13H,3,10H2,1H3,(H,11,12). The molecule has 4 N–H and O–H groups in total. The van der Waals surface area contributed by atoms with Crippen LogP contribution in [0.25, 0.3) is 0 Å². The highest BCUT2D eigenvalue weighted by molar-refractivity contribution is 9.10. The Morgan fingerprint density at radius 2 is 2.46 bits per heavy atom. The first-order valence-corrected chi connectivity index (χ1v) is 4.72. The van der Waals surface area contributed by atoms with Gasteiger partial charge in [-0.1, -0.05) is 0 Å². The second-order valence-electron chi connectivity index (χ2n) is 2.82. The topological polar surface area (TPSA) is 71.2 Å². The SMILES string of the molecule is CC(O)CNc1ncc(Br)cc1N. The lowest BCUT2D eigenvalue weighted by atomic mass is 10.3. The van der Waals surface area contributed by atoms with Crippen LogP contribution >= 0.6 is 15.9 Å². The number of nitrogen functional groups attached to an aromatic ring is 1. The van der Waals surface area contributed by atoms with E-state index in [-0.39, 0.29) is 0 Å². The molecule has 0 aliphatic heterocycles. The second kappa shape index (κ2) is 4.43. The first-order chi connectivity index (χ1) is 6.09. The quantitative estimate of drug-likeness (QED) is 0.749. The number of aromatic nitrogens is 1. The normalized spacial score (nSPS) is 12.5. The molecule has 0 amide bonds. The van der Waals surface area contributed by atoms with Crippen LogP contribution in [-0.4, -0.2) is 22.7 Å². The van der Waals surface area contributed by atoms with E-state index in [1.807, 2.05) is 0 Å². The minimum Gasteiger partial charge on any atom is -0.396 e. The molecule has 0 aromatic carbocycles. The second-order valence-corrected chi connectivity index (χ2v) is 3.74. The number of aliphatic hydroxyl groups is 1. The van der Waals surface area contributed by atoms with Gasteiger partial charge in [-0.15, -0.1) is 0 Å². The number of halogens is 1. The minimum atomic E-state index is -0.412. The molecule has 1 atom stereocenters. The fourth-order valence-corrected chi connectivity index (χ4v) is 1.20. The molecule has 0 saturated carbocycles. The molecular formula is C8H12BrN3O. The van der Waals surface area contributed by atoms with Crippen LogP contribution in [0.3, 0.4) is 0 Å². The van der Waals surface area contributed by atoms with Crippen molar-refractivity contribution in [2.75, 3.05) is 17.6 Å². The Morgan fingerprint density at radius 1 is 1.77 bits per heavy atom. The van der Waals surface area contributed by atoms with Crippen molar-refractivity contribution in [2.45, 2.75) is 13.0 Å². The average molecular weight is 246 g/mol. The molecule has 72 valence electrons. The summed E-state index contributed by atoms with van der Waals surface area (Å²) in [5.74, 6) is 0.601. The number of aliphatic hydroxyl groups excluding tert-OH is 1. The van der Waals surface area contributed by atoms with E-state index in [9.17, 15) is 0 Å². The van der Waals surface area contributed by atoms with Crippen molar-refractivity contribution >= 4 is 27.4 Å². The zero-order valence-electron chi connectivity index (χ0n) is 7.29. The van der Waals surface area contributed by atoms with Crippen LogP contribution in [0.4, 0.5) is 11.5 Å². The number of nitrogens with one attached hydrogen (secondary N) is 1. The van der Waals surface area contributed by atoms with Crippen LogP contribution in [0.5, 0.6) is 0 Å². The molecule has 5 heteroatoms. The van der Waals surface area contributed by atoms with Gasteiger partial charge >= 0.3 is 0 Å². The number of anilines is 2. The van der Waals surface area contributed by atoms with E-state index >= 15 is 0 Å². The molecule has 0 aliphatic carbocycles. The maximum atomic E-state index is 9.02. The van der Waals surface area contributed by atoms with E-state index in [4.69, 9.17) is 10.8 Å². The summed E-state index contributed by atoms with van der Waals surface area (Å²) in [5, 5.41) is 12.0. The van der Waals surface area contributed by atoms with E-state index in [0.717, 1.165) is 4.47 Å². The van der Waals surface area contributed by atoms with E-state index in [1.165, 1.54) is 0 Å². The van der Waals surface area contributed by atoms with Gasteiger partial charge < -0.3 is 16.2 Å². The summed E-state index contributed by atoms with van der Waals surface area (Å²) in [5.41, 5.74) is 6.24. The molecular weight excluding hydrogens is 234 g/mol. The molecule has 1 unspecified atom stereocenters. The van der Waals surface area contributed by atoms with Crippen LogP contribution in [0.2, 0.25) is 0 Å². The number of nitrogens with two attached hydrogens (primary N) is 1. The highest BCUT2D eigenvalue weighted by atomic mass is 79.9. The Kier molecular flexibility index (Phi) is 3.50. The Bertz CT molecular complexity index is 291. The van der Waals surface area contributed by atoms with Crippen LogP contribution in [-0.2, 0) is 0 Å². The molecule has 1 heterocycles. The molecule has 1 aromatic rings. The summed E-state index contributed by atoms with van der Waals surface area (Å²) in [4.78, 5) is 4.06. The lowest BCUT2D eigenvalue weighted by Crippen LogP contribution is -2.16. The molecule has 0 radical (unpaired) electrons. The van der Waals surface area contributed by atoms with Gasteiger partial charge in [0.15, 0.2) is 0 Å². The van der Waals surface area contributed by atoms with Crippen molar-refractivity contribution in [1.29, 1.82) is 0 Å². The van der Waals surface area contributed by atoms with Gasteiger partial charge in [-0.05, 0) is 28.9 Å². The zero-order chi connectivity index (χ0) is 9.84. The van der Waals surface area contributed by atoms with Crippen molar-refractivity contribution in [2.24, 2.45) is 0 Å². The third-order valence-electron chi connectivity index (χ3n) is 1.45.